The first-order chi connectivity index (χ1) is 17.0. The van der Waals surface area contributed by atoms with Crippen LogP contribution in [-0.4, -0.2) is 43.1 Å². The van der Waals surface area contributed by atoms with Gasteiger partial charge in [0.2, 0.25) is 5.95 Å². The lowest BCUT2D eigenvalue weighted by molar-refractivity contribution is 0.267. The first-order valence-corrected chi connectivity index (χ1v) is 12.6. The molecular weight excluding hydrogens is 462 g/mol. The van der Waals surface area contributed by atoms with E-state index in [4.69, 9.17) is 33.7 Å². The lowest BCUT2D eigenvalue weighted by atomic mass is 9.83. The third kappa shape index (κ3) is 4.53. The molecular formula is C26H30ClN7O. The molecule has 35 heavy (non-hydrogen) atoms. The summed E-state index contributed by atoms with van der Waals surface area (Å²) in [7, 11) is 0. The number of oxime groups is 1. The zero-order valence-electron chi connectivity index (χ0n) is 19.9. The van der Waals surface area contributed by atoms with Crippen LogP contribution in [0.2, 0.25) is 5.02 Å². The smallest absolute Gasteiger partial charge is 0.207 e. The van der Waals surface area contributed by atoms with Gasteiger partial charge in [0.1, 0.15) is 5.69 Å². The molecule has 1 atom stereocenters. The van der Waals surface area contributed by atoms with Crippen LogP contribution in [0.15, 0.2) is 29.7 Å². The first kappa shape index (κ1) is 23.4. The predicted octanol–water partition coefficient (Wildman–Crippen LogP) is 4.67. The van der Waals surface area contributed by atoms with E-state index < -0.39 is 0 Å². The fourth-order valence-corrected chi connectivity index (χ4v) is 5.58. The maximum absolute atomic E-state index is 9.34. The number of fused-ring (bicyclic) bond motifs is 1. The summed E-state index contributed by atoms with van der Waals surface area (Å²) in [6, 6.07) is 3.60. The Morgan fingerprint density at radius 2 is 2.03 bits per heavy atom. The van der Waals surface area contributed by atoms with Gasteiger partial charge in [0, 0.05) is 31.0 Å². The molecule has 182 valence electrons. The highest BCUT2D eigenvalue weighted by Crippen LogP contribution is 2.37. The van der Waals surface area contributed by atoms with Crippen molar-refractivity contribution < 1.29 is 5.21 Å². The van der Waals surface area contributed by atoms with Gasteiger partial charge in [0.25, 0.3) is 0 Å². The molecule has 0 aromatic carbocycles. The molecule has 1 aliphatic heterocycles. The van der Waals surface area contributed by atoms with Crippen LogP contribution in [0.4, 0.5) is 5.95 Å². The minimum atomic E-state index is -0.0804. The van der Waals surface area contributed by atoms with Crippen LogP contribution in [0.3, 0.4) is 0 Å². The van der Waals surface area contributed by atoms with Crippen LogP contribution in [-0.2, 0) is 6.54 Å². The third-order valence-corrected chi connectivity index (χ3v) is 7.54. The molecule has 3 aromatic heterocycles. The van der Waals surface area contributed by atoms with Crippen molar-refractivity contribution in [2.24, 2.45) is 22.7 Å². The minimum Gasteiger partial charge on any atom is -0.409 e. The largest absolute Gasteiger partial charge is 0.409 e. The van der Waals surface area contributed by atoms with E-state index in [9.17, 15) is 5.21 Å². The quantitative estimate of drug-likeness (QED) is 0.177. The number of amidine groups is 1. The van der Waals surface area contributed by atoms with Crippen LogP contribution in [0.1, 0.15) is 51.1 Å². The van der Waals surface area contributed by atoms with E-state index in [0.717, 1.165) is 54.4 Å². The maximum atomic E-state index is 9.34. The second-order valence-electron chi connectivity index (χ2n) is 9.77. The molecule has 3 N–H and O–H groups in total. The second-order valence-corrected chi connectivity index (χ2v) is 10.2. The van der Waals surface area contributed by atoms with Crippen molar-refractivity contribution in [2.45, 2.75) is 58.0 Å². The molecule has 0 radical (unpaired) electrons. The zero-order chi connectivity index (χ0) is 24.5. The van der Waals surface area contributed by atoms with Crippen molar-refractivity contribution in [3.63, 3.8) is 0 Å². The van der Waals surface area contributed by atoms with Crippen LogP contribution >= 0.6 is 11.6 Å². The number of hydrogen-bond donors (Lipinski definition) is 2. The zero-order valence-corrected chi connectivity index (χ0v) is 20.6. The summed E-state index contributed by atoms with van der Waals surface area (Å²) in [5.74, 6) is 5.03. The van der Waals surface area contributed by atoms with Crippen LogP contribution in [0.25, 0.3) is 22.3 Å². The molecule has 0 spiro atoms. The van der Waals surface area contributed by atoms with Gasteiger partial charge in [-0.3, -0.25) is 4.98 Å². The van der Waals surface area contributed by atoms with Gasteiger partial charge in [-0.15, -0.1) is 6.42 Å². The molecule has 5 rings (SSSR count). The Kier molecular flexibility index (Phi) is 6.52. The summed E-state index contributed by atoms with van der Waals surface area (Å²) in [5, 5.41) is 13.0. The van der Waals surface area contributed by atoms with Gasteiger partial charge in [0.15, 0.2) is 5.84 Å². The number of halogens is 1. The number of anilines is 1. The summed E-state index contributed by atoms with van der Waals surface area (Å²) < 4.78 is 2.28. The van der Waals surface area contributed by atoms with E-state index in [1.807, 2.05) is 6.07 Å². The fourth-order valence-electron chi connectivity index (χ4n) is 5.41. The van der Waals surface area contributed by atoms with Crippen LogP contribution in [0, 0.1) is 24.2 Å². The highest BCUT2D eigenvalue weighted by molar-refractivity contribution is 6.30. The summed E-state index contributed by atoms with van der Waals surface area (Å²) >= 11 is 6.30. The fraction of sp³-hybridized carbons (Fsp3) is 0.462. The Morgan fingerprint density at radius 3 is 2.74 bits per heavy atom. The molecule has 1 saturated heterocycles. The number of pyridine rings is 2. The van der Waals surface area contributed by atoms with Gasteiger partial charge in [-0.25, -0.2) is 9.97 Å². The van der Waals surface area contributed by atoms with E-state index in [0.29, 0.717) is 22.3 Å². The highest BCUT2D eigenvalue weighted by Gasteiger charge is 2.31. The number of nitrogens with two attached hydrogens (primary N) is 1. The van der Waals surface area contributed by atoms with E-state index in [2.05, 4.69) is 32.5 Å². The van der Waals surface area contributed by atoms with Crippen molar-refractivity contribution >= 4 is 34.4 Å². The average Bonchev–Trinajstić information content (AvgIpc) is 3.48. The van der Waals surface area contributed by atoms with Crippen molar-refractivity contribution in [1.82, 2.24) is 19.5 Å². The molecule has 1 saturated carbocycles. The molecule has 1 unspecified atom stereocenters. The SMILES string of the molecule is C#CC1CCCN1c1nc2cc(/C(N)=N/O)nc(-c3cncc(Cl)c3)c2n1CC1CCC(C)CC1. The van der Waals surface area contributed by atoms with Crippen molar-refractivity contribution in [3.8, 4) is 23.6 Å². The maximum Gasteiger partial charge on any atom is 0.207 e. The van der Waals surface area contributed by atoms with Gasteiger partial charge >= 0.3 is 0 Å². The Labute approximate surface area is 210 Å². The summed E-state index contributed by atoms with van der Waals surface area (Å²) in [5.41, 5.74) is 9.31. The molecule has 4 heterocycles. The van der Waals surface area contributed by atoms with Crippen molar-refractivity contribution in [1.29, 1.82) is 0 Å². The summed E-state index contributed by atoms with van der Waals surface area (Å²) in [6.45, 7) is 4.02. The van der Waals surface area contributed by atoms with Gasteiger partial charge in [-0.2, -0.15) is 0 Å². The minimum absolute atomic E-state index is 0.00438. The Balaban J connectivity index is 1.74. The van der Waals surface area contributed by atoms with Crippen LogP contribution in [0.5, 0.6) is 0 Å². The molecule has 0 amide bonds. The number of nitrogens with zero attached hydrogens (tertiary/aromatic N) is 6. The number of rotatable bonds is 5. The van der Waals surface area contributed by atoms with Crippen LogP contribution < -0.4 is 10.6 Å². The molecule has 0 bridgehead atoms. The normalized spacial score (nSPS) is 23.1. The van der Waals surface area contributed by atoms with E-state index in [-0.39, 0.29) is 11.9 Å². The van der Waals surface area contributed by atoms with Gasteiger partial charge in [-0.1, -0.05) is 42.4 Å². The first-order valence-electron chi connectivity index (χ1n) is 12.2. The molecule has 8 nitrogen and oxygen atoms in total. The summed E-state index contributed by atoms with van der Waals surface area (Å²) in [6.07, 6.45) is 16.0. The monoisotopic (exact) mass is 491 g/mol. The van der Waals surface area contributed by atoms with Gasteiger partial charge in [0.05, 0.1) is 27.8 Å². The number of aromatic nitrogens is 4. The molecule has 2 aliphatic rings. The van der Waals surface area contributed by atoms with Gasteiger partial charge in [-0.05, 0) is 49.7 Å². The lowest BCUT2D eigenvalue weighted by Crippen LogP contribution is -2.31. The predicted molar refractivity (Wildman–Crippen MR) is 139 cm³/mol. The summed E-state index contributed by atoms with van der Waals surface area (Å²) in [4.78, 5) is 16.4. The Hall–Kier alpha value is -3.31. The second kappa shape index (κ2) is 9.74. The third-order valence-electron chi connectivity index (χ3n) is 7.33. The number of terminal acetylenes is 1. The van der Waals surface area contributed by atoms with Crippen molar-refractivity contribution in [2.75, 3.05) is 11.4 Å². The van der Waals surface area contributed by atoms with Gasteiger partial charge < -0.3 is 20.4 Å². The lowest BCUT2D eigenvalue weighted by Gasteiger charge is -2.29. The van der Waals surface area contributed by atoms with E-state index in [1.165, 1.54) is 25.7 Å². The number of hydrogen-bond acceptors (Lipinski definition) is 6. The van der Waals surface area contributed by atoms with E-state index in [1.54, 1.807) is 18.5 Å². The van der Waals surface area contributed by atoms with E-state index >= 15 is 0 Å². The standard InChI is InChI=1S/C26H30ClN7O/c1-3-20-5-4-10-33(20)26-31-21-12-22(25(28)32-35)30-23(18-11-19(27)14-29-13-18)24(21)34(26)15-17-8-6-16(2)7-9-17/h1,11-14,16-17,20,35H,4-10,15H2,2H3,(H2,28,32). The molecule has 2 fully saturated rings. The van der Waals surface area contributed by atoms with Crippen molar-refractivity contribution in [3.05, 3.63) is 35.2 Å². The molecule has 1 aliphatic carbocycles. The Morgan fingerprint density at radius 1 is 1.23 bits per heavy atom. The topological polar surface area (TPSA) is 105 Å². The average molecular weight is 492 g/mol. The number of imidazole rings is 1. The highest BCUT2D eigenvalue weighted by atomic mass is 35.5. The molecule has 9 heteroatoms. The Bertz CT molecular complexity index is 1300. The molecule has 3 aromatic rings.